The molecule has 3 aromatic rings. The molecule has 1 aromatic heterocycles. The standard InChI is InChI=1S/C27H35N3O5/c1-6-30(7-2)13-14-33-25-12-11-21(15-26(25)32-5)17-28-27(31)22-9-8-10-23(16-22)34-18-24-19(3)29-35-20(24)4/h8-12,15-16H,6-7,13-14,17-18H2,1-5H3,(H,28,31). The summed E-state index contributed by atoms with van der Waals surface area (Å²) >= 11 is 0. The van der Waals surface area contributed by atoms with Gasteiger partial charge in [-0.25, -0.2) is 0 Å². The van der Waals surface area contributed by atoms with Crippen LogP contribution in [0.4, 0.5) is 0 Å². The van der Waals surface area contributed by atoms with Crippen molar-refractivity contribution in [1.82, 2.24) is 15.4 Å². The van der Waals surface area contributed by atoms with Crippen LogP contribution in [0.25, 0.3) is 0 Å². The molecule has 0 radical (unpaired) electrons. The number of likely N-dealkylation sites (N-methyl/N-ethyl adjacent to an activating group) is 1. The van der Waals surface area contributed by atoms with E-state index in [0.29, 0.717) is 42.6 Å². The summed E-state index contributed by atoms with van der Waals surface area (Å²) in [6.45, 7) is 12.1. The van der Waals surface area contributed by atoms with Gasteiger partial charge < -0.3 is 29.0 Å². The van der Waals surface area contributed by atoms with E-state index >= 15 is 0 Å². The van der Waals surface area contributed by atoms with E-state index in [1.165, 1.54) is 0 Å². The van der Waals surface area contributed by atoms with Gasteiger partial charge in [0.1, 0.15) is 24.7 Å². The summed E-state index contributed by atoms with van der Waals surface area (Å²) in [6, 6.07) is 12.8. The van der Waals surface area contributed by atoms with E-state index in [9.17, 15) is 4.79 Å². The minimum Gasteiger partial charge on any atom is -0.493 e. The van der Waals surface area contributed by atoms with Crippen molar-refractivity contribution >= 4 is 5.91 Å². The van der Waals surface area contributed by atoms with Crippen LogP contribution in [0.2, 0.25) is 0 Å². The Morgan fingerprint density at radius 3 is 2.54 bits per heavy atom. The average molecular weight is 482 g/mol. The van der Waals surface area contributed by atoms with Crippen molar-refractivity contribution < 1.29 is 23.5 Å². The zero-order valence-electron chi connectivity index (χ0n) is 21.2. The number of hydrogen-bond acceptors (Lipinski definition) is 7. The quantitative estimate of drug-likeness (QED) is 0.384. The Hall–Kier alpha value is -3.52. The van der Waals surface area contributed by atoms with Crippen molar-refractivity contribution in [3.05, 3.63) is 70.6 Å². The number of nitrogens with one attached hydrogen (secondary N) is 1. The molecule has 1 amide bonds. The lowest BCUT2D eigenvalue weighted by Crippen LogP contribution is -2.28. The highest BCUT2D eigenvalue weighted by atomic mass is 16.5. The molecule has 3 rings (SSSR count). The zero-order chi connectivity index (χ0) is 25.2. The van der Waals surface area contributed by atoms with Crippen LogP contribution >= 0.6 is 0 Å². The topological polar surface area (TPSA) is 86.1 Å². The molecule has 0 fully saturated rings. The highest BCUT2D eigenvalue weighted by molar-refractivity contribution is 5.94. The maximum absolute atomic E-state index is 12.7. The number of benzene rings is 2. The van der Waals surface area contributed by atoms with Gasteiger partial charge in [-0.15, -0.1) is 0 Å². The van der Waals surface area contributed by atoms with Gasteiger partial charge >= 0.3 is 0 Å². The van der Waals surface area contributed by atoms with Gasteiger partial charge in [0.05, 0.1) is 18.4 Å². The van der Waals surface area contributed by atoms with Crippen molar-refractivity contribution in [2.45, 2.75) is 40.8 Å². The van der Waals surface area contributed by atoms with E-state index in [4.69, 9.17) is 18.7 Å². The predicted octanol–water partition coefficient (Wildman–Crippen LogP) is 4.53. The van der Waals surface area contributed by atoms with Crippen LogP contribution in [0, 0.1) is 13.8 Å². The molecule has 0 bridgehead atoms. The second-order valence-corrected chi connectivity index (χ2v) is 8.16. The molecule has 0 saturated heterocycles. The number of methoxy groups -OCH3 is 1. The lowest BCUT2D eigenvalue weighted by atomic mass is 10.1. The van der Waals surface area contributed by atoms with Crippen molar-refractivity contribution in [3.8, 4) is 17.2 Å². The molecular formula is C27H35N3O5. The number of carbonyl (C=O) groups is 1. The van der Waals surface area contributed by atoms with Crippen molar-refractivity contribution in [2.75, 3.05) is 33.4 Å². The highest BCUT2D eigenvalue weighted by Crippen LogP contribution is 2.28. The van der Waals surface area contributed by atoms with E-state index in [2.05, 4.69) is 29.2 Å². The van der Waals surface area contributed by atoms with Crippen LogP contribution < -0.4 is 19.5 Å². The second kappa shape index (κ2) is 12.8. The van der Waals surface area contributed by atoms with Crippen LogP contribution in [0.15, 0.2) is 47.0 Å². The third kappa shape index (κ3) is 7.23. The van der Waals surface area contributed by atoms with Crippen molar-refractivity contribution in [1.29, 1.82) is 0 Å². The van der Waals surface area contributed by atoms with E-state index in [0.717, 1.165) is 42.2 Å². The minimum atomic E-state index is -0.189. The number of amides is 1. The number of rotatable bonds is 13. The first-order chi connectivity index (χ1) is 16.9. The van der Waals surface area contributed by atoms with Gasteiger partial charge in [0.25, 0.3) is 5.91 Å². The maximum atomic E-state index is 12.7. The van der Waals surface area contributed by atoms with Crippen LogP contribution in [0.3, 0.4) is 0 Å². The number of aryl methyl sites for hydroxylation is 2. The highest BCUT2D eigenvalue weighted by Gasteiger charge is 2.12. The largest absolute Gasteiger partial charge is 0.493 e. The fraction of sp³-hybridized carbons (Fsp3) is 0.407. The molecule has 1 heterocycles. The minimum absolute atomic E-state index is 0.189. The molecule has 0 spiro atoms. The van der Waals surface area contributed by atoms with E-state index in [-0.39, 0.29) is 5.91 Å². The lowest BCUT2D eigenvalue weighted by Gasteiger charge is -2.19. The fourth-order valence-electron chi connectivity index (χ4n) is 3.64. The van der Waals surface area contributed by atoms with Gasteiger partial charge in [-0.1, -0.05) is 31.1 Å². The Kier molecular flexibility index (Phi) is 9.55. The van der Waals surface area contributed by atoms with Gasteiger partial charge in [-0.2, -0.15) is 0 Å². The van der Waals surface area contributed by atoms with E-state index in [1.54, 1.807) is 25.3 Å². The number of carbonyl (C=O) groups excluding carboxylic acids is 1. The Bertz CT molecular complexity index is 1090. The number of aromatic nitrogens is 1. The molecule has 0 unspecified atom stereocenters. The SMILES string of the molecule is CCN(CC)CCOc1ccc(CNC(=O)c2cccc(OCc3c(C)noc3C)c2)cc1OC. The van der Waals surface area contributed by atoms with Crippen molar-refractivity contribution in [2.24, 2.45) is 0 Å². The van der Waals surface area contributed by atoms with E-state index in [1.807, 2.05) is 38.1 Å². The summed E-state index contributed by atoms with van der Waals surface area (Å²) < 4.78 is 22.4. The Morgan fingerprint density at radius 1 is 1.06 bits per heavy atom. The van der Waals surface area contributed by atoms with Gasteiger partial charge in [0.15, 0.2) is 11.5 Å². The maximum Gasteiger partial charge on any atom is 0.251 e. The lowest BCUT2D eigenvalue weighted by molar-refractivity contribution is 0.0950. The molecule has 2 aromatic carbocycles. The summed E-state index contributed by atoms with van der Waals surface area (Å²) in [7, 11) is 1.61. The van der Waals surface area contributed by atoms with Crippen LogP contribution in [0.5, 0.6) is 17.2 Å². The van der Waals surface area contributed by atoms with Gasteiger partial charge in [0, 0.05) is 18.7 Å². The molecule has 1 N–H and O–H groups in total. The van der Waals surface area contributed by atoms with Gasteiger partial charge in [0.2, 0.25) is 0 Å². The normalized spacial score (nSPS) is 10.9. The van der Waals surface area contributed by atoms with Crippen LogP contribution in [-0.4, -0.2) is 49.3 Å². The Balaban J connectivity index is 1.55. The molecule has 35 heavy (non-hydrogen) atoms. The first-order valence-electron chi connectivity index (χ1n) is 11.9. The van der Waals surface area contributed by atoms with Gasteiger partial charge in [-0.3, -0.25) is 4.79 Å². The Labute approximate surface area is 207 Å². The summed E-state index contributed by atoms with van der Waals surface area (Å²) in [4.78, 5) is 15.0. The molecular weight excluding hydrogens is 446 g/mol. The number of nitrogens with zero attached hydrogens (tertiary/aromatic N) is 2. The predicted molar refractivity (Wildman–Crippen MR) is 134 cm³/mol. The summed E-state index contributed by atoms with van der Waals surface area (Å²) in [5, 5.41) is 6.89. The third-order valence-electron chi connectivity index (χ3n) is 5.90. The molecule has 8 nitrogen and oxygen atoms in total. The summed E-state index contributed by atoms with van der Waals surface area (Å²) in [5.41, 5.74) is 3.14. The molecule has 0 atom stereocenters. The van der Waals surface area contributed by atoms with Gasteiger partial charge in [-0.05, 0) is 62.8 Å². The zero-order valence-corrected chi connectivity index (χ0v) is 21.2. The van der Waals surface area contributed by atoms with Crippen LogP contribution in [-0.2, 0) is 13.2 Å². The first-order valence-corrected chi connectivity index (χ1v) is 11.9. The molecule has 8 heteroatoms. The Morgan fingerprint density at radius 2 is 1.86 bits per heavy atom. The molecule has 0 aliphatic rings. The first kappa shape index (κ1) is 26.1. The number of ether oxygens (including phenoxy) is 3. The fourth-order valence-corrected chi connectivity index (χ4v) is 3.64. The van der Waals surface area contributed by atoms with Crippen LogP contribution in [0.1, 0.15) is 46.8 Å². The second-order valence-electron chi connectivity index (χ2n) is 8.16. The monoisotopic (exact) mass is 481 g/mol. The number of hydrogen-bond donors (Lipinski definition) is 1. The molecule has 0 aliphatic heterocycles. The third-order valence-corrected chi connectivity index (χ3v) is 5.90. The van der Waals surface area contributed by atoms with E-state index < -0.39 is 0 Å². The molecule has 188 valence electrons. The molecule has 0 aliphatic carbocycles. The molecule has 0 saturated carbocycles. The average Bonchev–Trinajstić information content (AvgIpc) is 3.21. The summed E-state index contributed by atoms with van der Waals surface area (Å²) in [6.07, 6.45) is 0. The summed E-state index contributed by atoms with van der Waals surface area (Å²) in [5.74, 6) is 2.48. The smallest absolute Gasteiger partial charge is 0.251 e. The van der Waals surface area contributed by atoms with Crippen molar-refractivity contribution in [3.63, 3.8) is 0 Å².